The van der Waals surface area contributed by atoms with Crippen molar-refractivity contribution >= 4 is 33.3 Å². The number of halogens is 1. The standard InChI is InChI=1S/C14H12BrN3OS/c1-19-13-8-11(15)7-12-16-14(17-18(12)13)20-9-10-5-3-2-4-6-10/h2-8H,9H2,1H3. The third-order valence-corrected chi connectivity index (χ3v) is 4.14. The Bertz CT molecular complexity index is 730. The van der Waals surface area contributed by atoms with Crippen LogP contribution in [0.2, 0.25) is 0 Å². The third-order valence-electron chi connectivity index (χ3n) is 2.77. The van der Waals surface area contributed by atoms with Gasteiger partial charge in [0.05, 0.1) is 7.11 Å². The Hall–Kier alpha value is -1.53. The van der Waals surface area contributed by atoms with E-state index in [1.165, 1.54) is 5.56 Å². The molecular weight excluding hydrogens is 338 g/mol. The fraction of sp³-hybridized carbons (Fsp3) is 0.143. The van der Waals surface area contributed by atoms with Crippen LogP contribution in [-0.4, -0.2) is 21.7 Å². The van der Waals surface area contributed by atoms with Crippen LogP contribution < -0.4 is 4.74 Å². The molecule has 0 radical (unpaired) electrons. The van der Waals surface area contributed by atoms with Gasteiger partial charge in [-0.05, 0) is 11.6 Å². The molecule has 3 rings (SSSR count). The summed E-state index contributed by atoms with van der Waals surface area (Å²) in [6, 6.07) is 14.1. The van der Waals surface area contributed by atoms with E-state index in [1.807, 2.05) is 30.3 Å². The van der Waals surface area contributed by atoms with Crippen molar-refractivity contribution in [3.63, 3.8) is 0 Å². The number of thioether (sulfide) groups is 1. The average Bonchev–Trinajstić information content (AvgIpc) is 2.88. The Morgan fingerprint density at radius 2 is 2.05 bits per heavy atom. The van der Waals surface area contributed by atoms with Crippen LogP contribution >= 0.6 is 27.7 Å². The topological polar surface area (TPSA) is 39.4 Å². The number of hydrogen-bond donors (Lipinski definition) is 0. The van der Waals surface area contributed by atoms with Gasteiger partial charge in [0.2, 0.25) is 11.0 Å². The summed E-state index contributed by atoms with van der Waals surface area (Å²) in [7, 11) is 1.62. The molecule has 3 aromatic rings. The molecule has 0 saturated heterocycles. The van der Waals surface area contributed by atoms with E-state index in [9.17, 15) is 0 Å². The van der Waals surface area contributed by atoms with Crippen molar-refractivity contribution in [1.82, 2.24) is 14.6 Å². The van der Waals surface area contributed by atoms with Gasteiger partial charge in [0.15, 0.2) is 5.65 Å². The van der Waals surface area contributed by atoms with E-state index in [0.29, 0.717) is 5.88 Å². The van der Waals surface area contributed by atoms with E-state index in [2.05, 4.69) is 38.1 Å². The maximum absolute atomic E-state index is 5.31. The van der Waals surface area contributed by atoms with Crippen LogP contribution in [0.15, 0.2) is 52.1 Å². The smallest absolute Gasteiger partial charge is 0.217 e. The van der Waals surface area contributed by atoms with Crippen LogP contribution in [0, 0.1) is 0 Å². The Labute approximate surface area is 129 Å². The number of methoxy groups -OCH3 is 1. The fourth-order valence-corrected chi connectivity index (χ4v) is 3.02. The van der Waals surface area contributed by atoms with Gasteiger partial charge in [-0.1, -0.05) is 58.0 Å². The highest BCUT2D eigenvalue weighted by Gasteiger charge is 2.09. The number of aromatic nitrogens is 3. The SMILES string of the molecule is COc1cc(Br)cc2nc(SCc3ccccc3)nn12. The monoisotopic (exact) mass is 349 g/mol. The summed E-state index contributed by atoms with van der Waals surface area (Å²) in [5.74, 6) is 1.51. The van der Waals surface area contributed by atoms with Crippen LogP contribution in [-0.2, 0) is 5.75 Å². The van der Waals surface area contributed by atoms with E-state index in [1.54, 1.807) is 23.4 Å². The zero-order chi connectivity index (χ0) is 13.9. The molecule has 4 nitrogen and oxygen atoms in total. The van der Waals surface area contributed by atoms with Gasteiger partial charge in [-0.25, -0.2) is 4.98 Å². The van der Waals surface area contributed by atoms with E-state index in [4.69, 9.17) is 4.74 Å². The molecule has 2 heterocycles. The van der Waals surface area contributed by atoms with E-state index >= 15 is 0 Å². The first-order valence-electron chi connectivity index (χ1n) is 6.03. The molecule has 102 valence electrons. The molecule has 6 heteroatoms. The van der Waals surface area contributed by atoms with Crippen molar-refractivity contribution in [2.24, 2.45) is 0 Å². The predicted octanol–water partition coefficient (Wildman–Crippen LogP) is 3.79. The Kier molecular flexibility index (Phi) is 3.93. The lowest BCUT2D eigenvalue weighted by molar-refractivity contribution is 0.384. The molecule has 0 aliphatic rings. The van der Waals surface area contributed by atoms with Gasteiger partial charge in [0.1, 0.15) is 0 Å². The maximum atomic E-state index is 5.31. The molecule has 0 spiro atoms. The number of benzene rings is 1. The van der Waals surface area contributed by atoms with Crippen molar-refractivity contribution in [2.75, 3.05) is 7.11 Å². The average molecular weight is 350 g/mol. The van der Waals surface area contributed by atoms with Crippen LogP contribution in [0.5, 0.6) is 5.88 Å². The minimum atomic E-state index is 0.661. The van der Waals surface area contributed by atoms with Gasteiger partial charge in [-0.3, -0.25) is 0 Å². The normalized spacial score (nSPS) is 10.9. The molecular formula is C14H12BrN3OS. The number of rotatable bonds is 4. The van der Waals surface area contributed by atoms with Gasteiger partial charge in [0, 0.05) is 16.3 Å². The lowest BCUT2D eigenvalue weighted by Crippen LogP contribution is -1.95. The van der Waals surface area contributed by atoms with Gasteiger partial charge in [-0.2, -0.15) is 4.52 Å². The summed E-state index contributed by atoms with van der Waals surface area (Å²) in [5.41, 5.74) is 2.02. The lowest BCUT2D eigenvalue weighted by atomic mass is 10.2. The van der Waals surface area contributed by atoms with Crippen molar-refractivity contribution < 1.29 is 4.74 Å². The van der Waals surface area contributed by atoms with Crippen LogP contribution in [0.1, 0.15) is 5.56 Å². The molecule has 0 aliphatic carbocycles. The highest BCUT2D eigenvalue weighted by atomic mass is 79.9. The zero-order valence-electron chi connectivity index (χ0n) is 10.8. The quantitative estimate of drug-likeness (QED) is 0.671. The molecule has 0 N–H and O–H groups in total. The van der Waals surface area contributed by atoms with E-state index in [-0.39, 0.29) is 0 Å². The molecule has 0 amide bonds. The fourth-order valence-electron chi connectivity index (χ4n) is 1.83. The first kappa shape index (κ1) is 13.5. The number of nitrogens with zero attached hydrogens (tertiary/aromatic N) is 3. The molecule has 0 unspecified atom stereocenters. The second-order valence-corrected chi connectivity index (χ2v) is 6.01. The highest BCUT2D eigenvalue weighted by Crippen LogP contribution is 2.25. The molecule has 0 saturated carbocycles. The molecule has 2 aromatic heterocycles. The Balaban J connectivity index is 1.86. The second-order valence-electron chi connectivity index (χ2n) is 4.15. The summed E-state index contributed by atoms with van der Waals surface area (Å²) in [6.07, 6.45) is 0. The number of ether oxygens (including phenoxy) is 1. The number of hydrogen-bond acceptors (Lipinski definition) is 4. The van der Waals surface area contributed by atoms with Crippen molar-refractivity contribution in [2.45, 2.75) is 10.9 Å². The van der Waals surface area contributed by atoms with Crippen LogP contribution in [0.3, 0.4) is 0 Å². The van der Waals surface area contributed by atoms with Crippen molar-refractivity contribution in [1.29, 1.82) is 0 Å². The zero-order valence-corrected chi connectivity index (χ0v) is 13.2. The largest absolute Gasteiger partial charge is 0.481 e. The predicted molar refractivity (Wildman–Crippen MR) is 83.2 cm³/mol. The molecule has 1 aromatic carbocycles. The van der Waals surface area contributed by atoms with Crippen molar-refractivity contribution in [3.8, 4) is 5.88 Å². The summed E-state index contributed by atoms with van der Waals surface area (Å²) in [4.78, 5) is 4.50. The van der Waals surface area contributed by atoms with Gasteiger partial charge >= 0.3 is 0 Å². The van der Waals surface area contributed by atoms with E-state index in [0.717, 1.165) is 21.0 Å². The first-order chi connectivity index (χ1) is 9.76. The highest BCUT2D eigenvalue weighted by molar-refractivity contribution is 9.10. The number of fused-ring (bicyclic) bond motifs is 1. The maximum Gasteiger partial charge on any atom is 0.217 e. The molecule has 0 aliphatic heterocycles. The number of pyridine rings is 1. The summed E-state index contributed by atoms with van der Waals surface area (Å²) >= 11 is 5.05. The summed E-state index contributed by atoms with van der Waals surface area (Å²) in [5, 5.41) is 5.20. The van der Waals surface area contributed by atoms with Gasteiger partial charge in [0.25, 0.3) is 0 Å². The summed E-state index contributed by atoms with van der Waals surface area (Å²) in [6.45, 7) is 0. The first-order valence-corrected chi connectivity index (χ1v) is 7.81. The van der Waals surface area contributed by atoms with Crippen LogP contribution in [0.4, 0.5) is 0 Å². The minimum Gasteiger partial charge on any atom is -0.481 e. The molecule has 20 heavy (non-hydrogen) atoms. The molecule has 0 bridgehead atoms. The van der Waals surface area contributed by atoms with Gasteiger partial charge in [-0.15, -0.1) is 5.10 Å². The third kappa shape index (κ3) is 2.81. The Morgan fingerprint density at radius 1 is 1.25 bits per heavy atom. The van der Waals surface area contributed by atoms with Crippen molar-refractivity contribution in [3.05, 3.63) is 52.5 Å². The minimum absolute atomic E-state index is 0.661. The molecule has 0 fully saturated rings. The summed E-state index contributed by atoms with van der Waals surface area (Å²) < 4.78 is 7.94. The molecule has 0 atom stereocenters. The second kappa shape index (κ2) is 5.85. The lowest BCUT2D eigenvalue weighted by Gasteiger charge is -2.01. The van der Waals surface area contributed by atoms with E-state index < -0.39 is 0 Å². The van der Waals surface area contributed by atoms with Gasteiger partial charge < -0.3 is 4.74 Å². The Morgan fingerprint density at radius 3 is 2.80 bits per heavy atom. The van der Waals surface area contributed by atoms with Crippen LogP contribution in [0.25, 0.3) is 5.65 Å².